The summed E-state index contributed by atoms with van der Waals surface area (Å²) in [5, 5.41) is 0.743. The van der Waals surface area contributed by atoms with Gasteiger partial charge in [0.1, 0.15) is 0 Å². The van der Waals surface area contributed by atoms with Crippen molar-refractivity contribution in [3.05, 3.63) is 28.8 Å². The van der Waals surface area contributed by atoms with Crippen LogP contribution >= 0.6 is 11.6 Å². The molecule has 0 aromatic heterocycles. The summed E-state index contributed by atoms with van der Waals surface area (Å²) in [5.74, 6) is 0.414. The Hall–Kier alpha value is -1.31. The van der Waals surface area contributed by atoms with E-state index >= 15 is 0 Å². The van der Waals surface area contributed by atoms with Crippen LogP contribution in [0.1, 0.15) is 25.3 Å². The van der Waals surface area contributed by atoms with E-state index in [1.54, 1.807) is 0 Å². The van der Waals surface area contributed by atoms with E-state index in [2.05, 4.69) is 11.8 Å². The van der Waals surface area contributed by atoms with E-state index in [0.717, 1.165) is 37.6 Å². The fourth-order valence-electron chi connectivity index (χ4n) is 4.25. The van der Waals surface area contributed by atoms with Crippen molar-refractivity contribution in [3.63, 3.8) is 0 Å². The molecule has 2 aliphatic rings. The molecule has 1 amide bonds. The van der Waals surface area contributed by atoms with Crippen LogP contribution in [0.15, 0.2) is 18.2 Å². The van der Waals surface area contributed by atoms with Crippen LogP contribution in [-0.2, 0) is 14.6 Å². The summed E-state index contributed by atoms with van der Waals surface area (Å²) in [6.45, 7) is 8.75. The van der Waals surface area contributed by atoms with Gasteiger partial charge in [-0.3, -0.25) is 4.79 Å². The van der Waals surface area contributed by atoms with Crippen molar-refractivity contribution < 1.29 is 18.1 Å². The molecule has 1 N–H and O–H groups in total. The molecule has 2 saturated heterocycles. The molecule has 0 unspecified atom stereocenters. The molecule has 28 heavy (non-hydrogen) atoms. The van der Waals surface area contributed by atoms with E-state index in [-0.39, 0.29) is 23.5 Å². The number of benzene rings is 1. The molecule has 3 rings (SSSR count). The Balaban J connectivity index is 1.57. The Labute approximate surface area is 173 Å². The highest BCUT2D eigenvalue weighted by Gasteiger charge is 2.35. The van der Waals surface area contributed by atoms with Crippen molar-refractivity contribution in [3.8, 4) is 0 Å². The number of hydrogen-bond acceptors (Lipinski definition) is 4. The number of sulfone groups is 1. The summed E-state index contributed by atoms with van der Waals surface area (Å²) in [4.78, 5) is 18.4. The molecular formula is C20H31ClN3O3S+. The minimum atomic E-state index is -2.99. The second-order valence-corrected chi connectivity index (χ2v) is 10.7. The van der Waals surface area contributed by atoms with E-state index in [0.29, 0.717) is 19.5 Å². The average Bonchev–Trinajstić information content (AvgIpc) is 3.01. The molecule has 0 saturated carbocycles. The van der Waals surface area contributed by atoms with Crippen molar-refractivity contribution in [1.29, 1.82) is 0 Å². The first-order valence-electron chi connectivity index (χ1n) is 10.1. The highest BCUT2D eigenvalue weighted by atomic mass is 35.5. The number of carbonyl (C=O) groups excluding carboxylic acids is 1. The Morgan fingerprint density at radius 1 is 1.32 bits per heavy atom. The van der Waals surface area contributed by atoms with Gasteiger partial charge in [0, 0.05) is 23.3 Å². The van der Waals surface area contributed by atoms with Gasteiger partial charge in [0.05, 0.1) is 37.7 Å². The fraction of sp³-hybridized carbons (Fsp3) is 0.650. The normalized spacial score (nSPS) is 22.4. The third kappa shape index (κ3) is 5.19. The maximum absolute atomic E-state index is 12.9. The molecular weight excluding hydrogens is 398 g/mol. The summed E-state index contributed by atoms with van der Waals surface area (Å²) in [5.41, 5.74) is 2.38. The third-order valence-corrected chi connectivity index (χ3v) is 7.80. The maximum atomic E-state index is 12.9. The van der Waals surface area contributed by atoms with E-state index in [1.807, 2.05) is 30.0 Å². The quantitative estimate of drug-likeness (QED) is 0.727. The van der Waals surface area contributed by atoms with Crippen molar-refractivity contribution in [2.24, 2.45) is 0 Å². The van der Waals surface area contributed by atoms with Gasteiger partial charge in [-0.15, -0.1) is 0 Å². The molecule has 156 valence electrons. The van der Waals surface area contributed by atoms with Gasteiger partial charge in [0.25, 0.3) is 5.91 Å². The Bertz CT molecular complexity index is 807. The van der Waals surface area contributed by atoms with Crippen LogP contribution in [-0.4, -0.2) is 76.0 Å². The number of hydrogen-bond donors (Lipinski definition) is 1. The van der Waals surface area contributed by atoms with Crippen LogP contribution in [0.3, 0.4) is 0 Å². The zero-order chi connectivity index (χ0) is 20.3. The zero-order valence-electron chi connectivity index (χ0n) is 16.8. The van der Waals surface area contributed by atoms with Gasteiger partial charge in [-0.25, -0.2) is 8.42 Å². The van der Waals surface area contributed by atoms with Gasteiger partial charge in [0.15, 0.2) is 16.4 Å². The van der Waals surface area contributed by atoms with Crippen molar-refractivity contribution in [2.75, 3.05) is 55.7 Å². The van der Waals surface area contributed by atoms with Crippen LogP contribution in [0.25, 0.3) is 0 Å². The number of carbonyl (C=O) groups is 1. The first-order valence-corrected chi connectivity index (χ1v) is 12.3. The lowest BCUT2D eigenvalue weighted by Crippen LogP contribution is -3.16. The van der Waals surface area contributed by atoms with E-state index < -0.39 is 9.84 Å². The summed E-state index contributed by atoms with van der Waals surface area (Å²) in [7, 11) is -2.99. The van der Waals surface area contributed by atoms with Crippen LogP contribution in [0.4, 0.5) is 5.69 Å². The maximum Gasteiger partial charge on any atom is 0.278 e. The molecule has 2 aliphatic heterocycles. The monoisotopic (exact) mass is 428 g/mol. The predicted molar refractivity (Wildman–Crippen MR) is 113 cm³/mol. The van der Waals surface area contributed by atoms with Crippen LogP contribution < -0.4 is 9.80 Å². The Kier molecular flexibility index (Phi) is 6.89. The zero-order valence-corrected chi connectivity index (χ0v) is 18.4. The van der Waals surface area contributed by atoms with Gasteiger partial charge in [-0.1, -0.05) is 24.6 Å². The summed E-state index contributed by atoms with van der Waals surface area (Å²) < 4.78 is 23.7. The molecule has 2 fully saturated rings. The lowest BCUT2D eigenvalue weighted by Gasteiger charge is -2.35. The smallest absolute Gasteiger partial charge is 0.278 e. The average molecular weight is 429 g/mol. The number of halogens is 1. The van der Waals surface area contributed by atoms with E-state index in [4.69, 9.17) is 11.6 Å². The van der Waals surface area contributed by atoms with Gasteiger partial charge in [0.2, 0.25) is 0 Å². The molecule has 0 spiro atoms. The summed E-state index contributed by atoms with van der Waals surface area (Å²) in [6, 6.07) is 5.81. The number of anilines is 1. The minimum Gasteiger partial charge on any atom is -0.360 e. The Morgan fingerprint density at radius 3 is 2.64 bits per heavy atom. The second kappa shape index (κ2) is 9.01. The van der Waals surface area contributed by atoms with Gasteiger partial charge in [-0.05, 0) is 37.5 Å². The highest BCUT2D eigenvalue weighted by molar-refractivity contribution is 7.91. The number of rotatable bonds is 6. The number of nitrogens with one attached hydrogen (secondary N) is 1. The first kappa shape index (κ1) is 21.4. The fourth-order valence-corrected chi connectivity index (χ4v) is 6.15. The standard InChI is InChI=1S/C20H30ClN3O3S/c1-3-7-24(18-6-12-28(26,27)15-18)20(25)14-22-8-10-23(11-9-22)19-13-17(21)5-4-16(19)2/h4-5,13,18H,3,6-12,14-15H2,1-2H3/p+1/t18-/m1/s1. The van der Waals surface area contributed by atoms with Gasteiger partial charge < -0.3 is 14.7 Å². The number of nitrogens with zero attached hydrogens (tertiary/aromatic N) is 2. The molecule has 6 nitrogen and oxygen atoms in total. The molecule has 0 bridgehead atoms. The third-order valence-electron chi connectivity index (χ3n) is 5.82. The van der Waals surface area contributed by atoms with Crippen molar-refractivity contribution in [1.82, 2.24) is 4.90 Å². The SMILES string of the molecule is CCCN(C(=O)C[NH+]1CCN(c2cc(Cl)ccc2C)CC1)[C@@H]1CCS(=O)(=O)C1. The summed E-state index contributed by atoms with van der Waals surface area (Å²) in [6.07, 6.45) is 1.42. The number of quaternary nitrogens is 1. The number of aryl methyl sites for hydroxylation is 1. The second-order valence-electron chi connectivity index (χ2n) is 7.99. The Morgan fingerprint density at radius 2 is 2.04 bits per heavy atom. The van der Waals surface area contributed by atoms with Crippen LogP contribution in [0, 0.1) is 6.92 Å². The molecule has 0 radical (unpaired) electrons. The number of amides is 1. The molecule has 8 heteroatoms. The molecule has 2 heterocycles. The van der Waals surface area contributed by atoms with Gasteiger partial charge >= 0.3 is 0 Å². The molecule has 1 atom stereocenters. The summed E-state index contributed by atoms with van der Waals surface area (Å²) >= 11 is 6.16. The largest absolute Gasteiger partial charge is 0.360 e. The highest BCUT2D eigenvalue weighted by Crippen LogP contribution is 2.24. The van der Waals surface area contributed by atoms with Crippen molar-refractivity contribution >= 4 is 33.0 Å². The first-order chi connectivity index (χ1) is 13.3. The molecule has 1 aromatic rings. The van der Waals surface area contributed by atoms with Gasteiger partial charge in [-0.2, -0.15) is 0 Å². The topological polar surface area (TPSA) is 62.1 Å². The van der Waals surface area contributed by atoms with Crippen molar-refractivity contribution in [2.45, 2.75) is 32.7 Å². The minimum absolute atomic E-state index is 0.0892. The van der Waals surface area contributed by atoms with Crippen LogP contribution in [0.2, 0.25) is 5.02 Å². The molecule has 1 aromatic carbocycles. The van der Waals surface area contributed by atoms with E-state index in [1.165, 1.54) is 16.2 Å². The molecule has 0 aliphatic carbocycles. The van der Waals surface area contributed by atoms with Crippen LogP contribution in [0.5, 0.6) is 0 Å². The van der Waals surface area contributed by atoms with E-state index in [9.17, 15) is 13.2 Å². The number of piperazine rings is 1. The lowest BCUT2D eigenvalue weighted by atomic mass is 10.1. The predicted octanol–water partition coefficient (Wildman–Crippen LogP) is 0.779. The lowest BCUT2D eigenvalue weighted by molar-refractivity contribution is -0.892.